The first kappa shape index (κ1) is 13.5. The Morgan fingerprint density at radius 1 is 1.44 bits per heavy atom. The lowest BCUT2D eigenvalue weighted by Crippen LogP contribution is -2.31. The Kier molecular flexibility index (Phi) is 4.02. The van der Waals surface area contributed by atoms with Crippen molar-refractivity contribution in [3.05, 3.63) is 18.2 Å². The fraction of sp³-hybridized carbons (Fsp3) is 0.700. The topological polar surface area (TPSA) is 52.0 Å². The van der Waals surface area contributed by atoms with Gasteiger partial charge in [-0.15, -0.1) is 11.6 Å². The zero-order valence-electron chi connectivity index (χ0n) is 9.77. The second kappa shape index (κ2) is 4.75. The van der Waals surface area contributed by atoms with Gasteiger partial charge in [-0.25, -0.2) is 13.4 Å². The molecule has 0 N–H and O–H groups in total. The van der Waals surface area contributed by atoms with Crippen molar-refractivity contribution >= 4 is 21.4 Å². The summed E-state index contributed by atoms with van der Waals surface area (Å²) >= 11 is 5.61. The maximum atomic E-state index is 11.8. The molecule has 0 radical (unpaired) electrons. The van der Waals surface area contributed by atoms with E-state index in [-0.39, 0.29) is 5.75 Å². The first-order chi connectivity index (χ1) is 7.26. The molecule has 1 heterocycles. The molecule has 0 bridgehead atoms. The molecule has 0 aliphatic rings. The van der Waals surface area contributed by atoms with Crippen LogP contribution in [0.1, 0.15) is 26.5 Å². The van der Waals surface area contributed by atoms with Crippen LogP contribution in [0.3, 0.4) is 0 Å². The van der Waals surface area contributed by atoms with Crippen LogP contribution in [0, 0.1) is 0 Å². The summed E-state index contributed by atoms with van der Waals surface area (Å²) in [4.78, 5) is 4.03. The minimum Gasteiger partial charge on any atom is -0.336 e. The number of nitrogens with zero attached hydrogens (tertiary/aromatic N) is 2. The lowest BCUT2D eigenvalue weighted by molar-refractivity contribution is 0.553. The first-order valence-corrected chi connectivity index (χ1v) is 7.24. The van der Waals surface area contributed by atoms with E-state index >= 15 is 0 Å². The Morgan fingerprint density at radius 3 is 2.50 bits per heavy atom. The van der Waals surface area contributed by atoms with Crippen molar-refractivity contribution in [2.45, 2.75) is 37.9 Å². The van der Waals surface area contributed by atoms with Gasteiger partial charge < -0.3 is 4.57 Å². The van der Waals surface area contributed by atoms with Gasteiger partial charge in [0.1, 0.15) is 0 Å². The molecule has 1 aromatic heterocycles. The monoisotopic (exact) mass is 264 g/mol. The summed E-state index contributed by atoms with van der Waals surface area (Å²) in [5, 5.41) is 0. The van der Waals surface area contributed by atoms with Gasteiger partial charge in [0.25, 0.3) is 0 Å². The number of hydrogen-bond donors (Lipinski definition) is 0. The normalized spacial score (nSPS) is 13.0. The van der Waals surface area contributed by atoms with E-state index in [1.54, 1.807) is 37.9 Å². The number of alkyl halides is 1. The summed E-state index contributed by atoms with van der Waals surface area (Å²) in [6.07, 6.45) is 3.38. The smallest absolute Gasteiger partial charge is 0.156 e. The van der Waals surface area contributed by atoms with Crippen LogP contribution in [0.15, 0.2) is 12.5 Å². The average molecular weight is 265 g/mol. The van der Waals surface area contributed by atoms with Crippen molar-refractivity contribution in [3.63, 3.8) is 0 Å². The summed E-state index contributed by atoms with van der Waals surface area (Å²) in [5.74, 6) is 0.466. The Morgan fingerprint density at radius 2 is 2.06 bits per heavy atom. The molecular weight excluding hydrogens is 248 g/mol. The Balaban J connectivity index is 2.65. The Labute approximate surface area is 102 Å². The molecule has 0 aliphatic heterocycles. The molecule has 0 spiro atoms. The highest BCUT2D eigenvalue weighted by Crippen LogP contribution is 2.16. The maximum Gasteiger partial charge on any atom is 0.156 e. The van der Waals surface area contributed by atoms with Crippen molar-refractivity contribution in [2.75, 3.05) is 5.75 Å². The van der Waals surface area contributed by atoms with Crippen LogP contribution in [-0.4, -0.2) is 28.5 Å². The molecule has 0 unspecified atom stereocenters. The highest BCUT2D eigenvalue weighted by atomic mass is 35.5. The highest BCUT2D eigenvalue weighted by Gasteiger charge is 2.28. The molecule has 16 heavy (non-hydrogen) atoms. The SMILES string of the molecule is CC(C)(C)S(=O)(=O)CCn1cnc(CCl)c1. The fourth-order valence-electron chi connectivity index (χ4n) is 1.13. The van der Waals surface area contributed by atoms with Gasteiger partial charge >= 0.3 is 0 Å². The minimum atomic E-state index is -3.07. The number of rotatable bonds is 4. The van der Waals surface area contributed by atoms with Crippen LogP contribution < -0.4 is 0 Å². The van der Waals surface area contributed by atoms with Gasteiger partial charge in [-0.05, 0) is 20.8 Å². The Hall–Kier alpha value is -0.550. The molecule has 0 aliphatic carbocycles. The third-order valence-electron chi connectivity index (χ3n) is 2.37. The number of hydrogen-bond acceptors (Lipinski definition) is 3. The van der Waals surface area contributed by atoms with Crippen molar-refractivity contribution in [1.29, 1.82) is 0 Å². The standard InChI is InChI=1S/C10H17ClN2O2S/c1-10(2,3)16(14,15)5-4-13-7-9(6-11)12-8-13/h7-8H,4-6H2,1-3H3. The van der Waals surface area contributed by atoms with Crippen molar-refractivity contribution in [1.82, 2.24) is 9.55 Å². The van der Waals surface area contributed by atoms with Crippen LogP contribution in [0.5, 0.6) is 0 Å². The van der Waals surface area contributed by atoms with Gasteiger partial charge in [-0.2, -0.15) is 0 Å². The number of imidazole rings is 1. The summed E-state index contributed by atoms with van der Waals surface area (Å²) in [6, 6.07) is 0. The van der Waals surface area contributed by atoms with Gasteiger partial charge in [-0.3, -0.25) is 0 Å². The molecule has 0 amide bonds. The van der Waals surface area contributed by atoms with Crippen molar-refractivity contribution in [2.24, 2.45) is 0 Å². The predicted molar refractivity (Wildman–Crippen MR) is 65.3 cm³/mol. The molecule has 6 heteroatoms. The number of aryl methyl sites for hydroxylation is 1. The van der Waals surface area contributed by atoms with E-state index in [9.17, 15) is 8.42 Å². The average Bonchev–Trinajstić information content (AvgIpc) is 2.60. The molecule has 0 saturated carbocycles. The van der Waals surface area contributed by atoms with Gasteiger partial charge in [0.2, 0.25) is 0 Å². The second-order valence-corrected chi connectivity index (χ2v) is 7.80. The fourth-order valence-corrected chi connectivity index (χ4v) is 2.33. The van der Waals surface area contributed by atoms with E-state index in [4.69, 9.17) is 11.6 Å². The molecule has 0 saturated heterocycles. The number of halogens is 1. The summed E-state index contributed by atoms with van der Waals surface area (Å²) in [6.45, 7) is 5.55. The molecular formula is C10H17ClN2O2S. The zero-order chi connectivity index (χ0) is 12.4. The minimum absolute atomic E-state index is 0.120. The zero-order valence-corrected chi connectivity index (χ0v) is 11.3. The van der Waals surface area contributed by atoms with Gasteiger partial charge in [-0.1, -0.05) is 0 Å². The summed E-state index contributed by atoms with van der Waals surface area (Å²) in [7, 11) is -3.07. The lowest BCUT2D eigenvalue weighted by atomic mass is 10.3. The highest BCUT2D eigenvalue weighted by molar-refractivity contribution is 7.92. The van der Waals surface area contributed by atoms with Crippen molar-refractivity contribution in [3.8, 4) is 0 Å². The van der Waals surface area contributed by atoms with Gasteiger partial charge in [0.05, 0.1) is 28.4 Å². The molecule has 0 fully saturated rings. The Bertz CT molecular complexity index is 446. The number of aromatic nitrogens is 2. The second-order valence-electron chi connectivity index (χ2n) is 4.67. The van der Waals surface area contributed by atoms with E-state index in [0.29, 0.717) is 12.4 Å². The van der Waals surface area contributed by atoms with E-state index in [1.807, 2.05) is 0 Å². The van der Waals surface area contributed by atoms with Crippen LogP contribution in [0.4, 0.5) is 0 Å². The van der Waals surface area contributed by atoms with E-state index in [1.165, 1.54) is 0 Å². The lowest BCUT2D eigenvalue weighted by Gasteiger charge is -2.19. The maximum absolute atomic E-state index is 11.8. The van der Waals surface area contributed by atoms with Crippen LogP contribution >= 0.6 is 11.6 Å². The molecule has 1 aromatic rings. The molecule has 0 atom stereocenters. The van der Waals surface area contributed by atoms with Gasteiger partial charge in [0.15, 0.2) is 9.84 Å². The van der Waals surface area contributed by atoms with E-state index in [0.717, 1.165) is 5.69 Å². The molecule has 1 rings (SSSR count). The summed E-state index contributed by atoms with van der Waals surface area (Å²) in [5.41, 5.74) is 0.759. The quantitative estimate of drug-likeness (QED) is 0.780. The van der Waals surface area contributed by atoms with Crippen molar-refractivity contribution < 1.29 is 8.42 Å². The largest absolute Gasteiger partial charge is 0.336 e. The van der Waals surface area contributed by atoms with Crippen LogP contribution in [0.25, 0.3) is 0 Å². The summed E-state index contributed by atoms with van der Waals surface area (Å²) < 4.78 is 24.7. The van der Waals surface area contributed by atoms with Gasteiger partial charge in [0, 0.05) is 12.7 Å². The van der Waals surface area contributed by atoms with Crippen LogP contribution in [0.2, 0.25) is 0 Å². The van der Waals surface area contributed by atoms with E-state index < -0.39 is 14.6 Å². The first-order valence-electron chi connectivity index (χ1n) is 5.05. The predicted octanol–water partition coefficient (Wildman–Crippen LogP) is 1.84. The third-order valence-corrected chi connectivity index (χ3v) is 5.23. The molecule has 4 nitrogen and oxygen atoms in total. The molecule has 92 valence electrons. The molecule has 0 aromatic carbocycles. The third kappa shape index (κ3) is 3.22. The van der Waals surface area contributed by atoms with E-state index in [2.05, 4.69) is 4.98 Å². The number of sulfone groups is 1. The van der Waals surface area contributed by atoms with Crippen LogP contribution in [-0.2, 0) is 22.3 Å².